The monoisotopic (exact) mass is 492 g/mol. The molecule has 0 bridgehead atoms. The Labute approximate surface area is 198 Å². The van der Waals surface area contributed by atoms with Gasteiger partial charge < -0.3 is 14.5 Å². The van der Waals surface area contributed by atoms with Gasteiger partial charge in [-0.15, -0.1) is 13.2 Å². The van der Waals surface area contributed by atoms with E-state index in [1.54, 1.807) is 33.1 Å². The number of H-pyrrole nitrogens is 1. The van der Waals surface area contributed by atoms with Crippen molar-refractivity contribution in [2.45, 2.75) is 39.0 Å². The van der Waals surface area contributed by atoms with E-state index < -0.39 is 35.2 Å². The Morgan fingerprint density at radius 3 is 2.34 bits per heavy atom. The van der Waals surface area contributed by atoms with E-state index in [0.29, 0.717) is 17.1 Å². The van der Waals surface area contributed by atoms with Gasteiger partial charge in [0.1, 0.15) is 17.3 Å². The van der Waals surface area contributed by atoms with E-state index in [9.17, 15) is 27.2 Å². The molecule has 0 fully saturated rings. The predicted octanol–water partition coefficient (Wildman–Crippen LogP) is 5.42. The highest BCUT2D eigenvalue weighted by Gasteiger charge is 2.33. The topological polar surface area (TPSA) is 81.3 Å². The number of rotatable bonds is 9. The molecule has 6 nitrogen and oxygen atoms in total. The first kappa shape index (κ1) is 25.9. The summed E-state index contributed by atoms with van der Waals surface area (Å²) in [6.45, 7) is 3.60. The normalized spacial score (nSPS) is 12.5. The Balaban J connectivity index is 1.81. The number of carbonyl (C=O) groups is 1. The van der Waals surface area contributed by atoms with Crippen molar-refractivity contribution in [1.29, 1.82) is 0 Å². The minimum Gasteiger partial charge on any atom is -0.497 e. The summed E-state index contributed by atoms with van der Waals surface area (Å²) in [5.74, 6) is -2.29. The molecule has 3 aromatic rings. The molecule has 1 N–H and O–H groups in total. The Bertz CT molecular complexity index is 1240. The van der Waals surface area contributed by atoms with Crippen LogP contribution in [0.1, 0.15) is 53.6 Å². The Morgan fingerprint density at radius 1 is 1.09 bits per heavy atom. The quantitative estimate of drug-likeness (QED) is 0.319. The van der Waals surface area contributed by atoms with Crippen molar-refractivity contribution in [3.05, 3.63) is 87.3 Å². The first-order valence-electron chi connectivity index (χ1n) is 10.8. The van der Waals surface area contributed by atoms with Crippen molar-refractivity contribution in [2.24, 2.45) is 5.92 Å². The fourth-order valence-corrected chi connectivity index (χ4v) is 3.67. The lowest BCUT2D eigenvalue weighted by molar-refractivity contribution is -0.275. The molecule has 1 atom stereocenters. The van der Waals surface area contributed by atoms with Gasteiger partial charge in [0.15, 0.2) is 17.3 Å². The number of Topliss-reactive ketones (excluding diaryl/α,β-unsaturated/α-hetero) is 1. The maximum Gasteiger partial charge on any atom is 0.573 e. The molecule has 0 aliphatic rings. The Kier molecular flexibility index (Phi) is 7.93. The van der Waals surface area contributed by atoms with Gasteiger partial charge >= 0.3 is 6.36 Å². The lowest BCUT2D eigenvalue weighted by Crippen LogP contribution is -2.20. The highest BCUT2D eigenvalue weighted by molar-refractivity contribution is 5.94. The second-order valence-corrected chi connectivity index (χ2v) is 8.32. The number of aromatic nitrogens is 2. The fourth-order valence-electron chi connectivity index (χ4n) is 3.67. The van der Waals surface area contributed by atoms with E-state index >= 15 is 0 Å². The van der Waals surface area contributed by atoms with Gasteiger partial charge in [0.2, 0.25) is 0 Å². The van der Waals surface area contributed by atoms with Gasteiger partial charge in [-0.05, 0) is 47.2 Å². The fraction of sp³-hybridized carbons (Fsp3) is 0.320. The van der Waals surface area contributed by atoms with E-state index in [1.807, 2.05) is 12.1 Å². The van der Waals surface area contributed by atoms with Gasteiger partial charge in [0.05, 0.1) is 7.11 Å². The first-order chi connectivity index (χ1) is 16.4. The summed E-state index contributed by atoms with van der Waals surface area (Å²) in [7, 11) is 1.55. The highest BCUT2D eigenvalue weighted by Crippen LogP contribution is 2.33. The molecule has 186 valence electrons. The molecule has 35 heavy (non-hydrogen) atoms. The standard InChI is InChI=1S/C25H24F4N2O4/c1-14(2)18(16-6-9-22(19(26)11-16)35-25(27,28)29)12-21(32)20-13-24(33)31-23(30-20)10-15-4-7-17(34-3)8-5-15/h4-9,11,13-14,18H,10,12H2,1-3H3,(H,30,31,33)/t18-/m1/s1. The van der Waals surface area contributed by atoms with Crippen molar-refractivity contribution >= 4 is 5.78 Å². The minimum atomic E-state index is -5.02. The van der Waals surface area contributed by atoms with Gasteiger partial charge in [0, 0.05) is 18.9 Å². The van der Waals surface area contributed by atoms with Crippen molar-refractivity contribution in [2.75, 3.05) is 7.11 Å². The van der Waals surface area contributed by atoms with Crippen LogP contribution in [0.5, 0.6) is 11.5 Å². The van der Waals surface area contributed by atoms with Gasteiger partial charge in [-0.1, -0.05) is 32.0 Å². The van der Waals surface area contributed by atoms with Gasteiger partial charge in [0.25, 0.3) is 5.56 Å². The number of nitrogens with zero attached hydrogens (tertiary/aromatic N) is 1. The lowest BCUT2D eigenvalue weighted by atomic mass is 9.84. The average Bonchev–Trinajstić information content (AvgIpc) is 2.78. The molecule has 1 aromatic heterocycles. The number of ether oxygens (including phenoxy) is 2. The molecule has 0 radical (unpaired) electrons. The lowest BCUT2D eigenvalue weighted by Gasteiger charge is -2.21. The second-order valence-electron chi connectivity index (χ2n) is 8.32. The Hall–Kier alpha value is -3.69. The van der Waals surface area contributed by atoms with Crippen LogP contribution in [-0.4, -0.2) is 29.2 Å². The van der Waals surface area contributed by atoms with Crippen LogP contribution in [-0.2, 0) is 6.42 Å². The molecule has 10 heteroatoms. The van der Waals surface area contributed by atoms with Crippen LogP contribution in [0, 0.1) is 11.7 Å². The van der Waals surface area contributed by atoms with Crippen LogP contribution < -0.4 is 15.0 Å². The second kappa shape index (κ2) is 10.7. The van der Waals surface area contributed by atoms with Crippen LogP contribution >= 0.6 is 0 Å². The SMILES string of the molecule is COc1ccc(Cc2nc(C(=O)C[C@@H](c3ccc(OC(F)(F)F)c(F)c3)C(C)C)cc(=O)[nH]2)cc1. The van der Waals surface area contributed by atoms with Gasteiger partial charge in [-0.25, -0.2) is 9.37 Å². The van der Waals surface area contributed by atoms with Crippen molar-refractivity contribution in [1.82, 2.24) is 9.97 Å². The number of hydrogen-bond acceptors (Lipinski definition) is 5. The molecule has 0 aliphatic heterocycles. The van der Waals surface area contributed by atoms with E-state index in [1.165, 1.54) is 6.07 Å². The van der Waals surface area contributed by atoms with Crippen LogP contribution in [0.4, 0.5) is 17.6 Å². The summed E-state index contributed by atoms with van der Waals surface area (Å²) in [6, 6.07) is 11.3. The molecule has 0 aliphatic carbocycles. The Morgan fingerprint density at radius 2 is 1.77 bits per heavy atom. The smallest absolute Gasteiger partial charge is 0.497 e. The number of ketones is 1. The largest absolute Gasteiger partial charge is 0.573 e. The van der Waals surface area contributed by atoms with Crippen LogP contribution in [0.2, 0.25) is 0 Å². The molecule has 3 rings (SSSR count). The number of carbonyl (C=O) groups excluding carboxylic acids is 1. The minimum absolute atomic E-state index is 0.0413. The summed E-state index contributed by atoms with van der Waals surface area (Å²) >= 11 is 0. The first-order valence-corrected chi connectivity index (χ1v) is 10.8. The zero-order valence-corrected chi connectivity index (χ0v) is 19.3. The summed E-state index contributed by atoms with van der Waals surface area (Å²) in [5.41, 5.74) is 0.645. The van der Waals surface area contributed by atoms with Crippen LogP contribution in [0.25, 0.3) is 0 Å². The molecule has 0 amide bonds. The van der Waals surface area contributed by atoms with Crippen molar-refractivity contribution in [3.8, 4) is 11.5 Å². The molecule has 0 saturated heterocycles. The highest BCUT2D eigenvalue weighted by atomic mass is 19.4. The van der Waals surface area contributed by atoms with Gasteiger partial charge in [-0.3, -0.25) is 9.59 Å². The zero-order valence-electron chi connectivity index (χ0n) is 19.3. The molecular formula is C25H24F4N2O4. The average molecular weight is 492 g/mol. The summed E-state index contributed by atoms with van der Waals surface area (Å²) < 4.78 is 60.3. The third kappa shape index (κ3) is 7.14. The maximum atomic E-state index is 14.2. The molecule has 0 spiro atoms. The number of nitrogens with one attached hydrogen (secondary N) is 1. The van der Waals surface area contributed by atoms with Crippen LogP contribution in [0.3, 0.4) is 0 Å². The zero-order chi connectivity index (χ0) is 25.8. The van der Waals surface area contributed by atoms with Gasteiger partial charge in [-0.2, -0.15) is 0 Å². The third-order valence-electron chi connectivity index (χ3n) is 5.43. The summed E-state index contributed by atoms with van der Waals surface area (Å²) in [6.07, 6.45) is -4.86. The predicted molar refractivity (Wildman–Crippen MR) is 120 cm³/mol. The van der Waals surface area contributed by atoms with E-state index in [-0.39, 0.29) is 24.5 Å². The van der Waals surface area contributed by atoms with E-state index in [4.69, 9.17) is 4.74 Å². The molecule has 1 heterocycles. The molecular weight excluding hydrogens is 468 g/mol. The number of alkyl halides is 3. The number of benzene rings is 2. The summed E-state index contributed by atoms with van der Waals surface area (Å²) in [4.78, 5) is 32.1. The molecule has 2 aromatic carbocycles. The number of aromatic amines is 1. The van der Waals surface area contributed by atoms with Crippen LogP contribution in [0.15, 0.2) is 53.3 Å². The number of halogens is 4. The third-order valence-corrected chi connectivity index (χ3v) is 5.43. The molecule has 0 saturated carbocycles. The van der Waals surface area contributed by atoms with E-state index in [0.717, 1.165) is 23.8 Å². The van der Waals surface area contributed by atoms with Crippen molar-refractivity contribution in [3.63, 3.8) is 0 Å². The number of methoxy groups -OCH3 is 1. The molecule has 0 unspecified atom stereocenters. The maximum absolute atomic E-state index is 14.2. The van der Waals surface area contributed by atoms with E-state index in [2.05, 4.69) is 14.7 Å². The number of hydrogen-bond donors (Lipinski definition) is 1. The van der Waals surface area contributed by atoms with Crippen molar-refractivity contribution < 1.29 is 31.8 Å². The summed E-state index contributed by atoms with van der Waals surface area (Å²) in [5, 5.41) is 0.